The lowest BCUT2D eigenvalue weighted by Crippen LogP contribution is -2.13. The lowest BCUT2D eigenvalue weighted by Gasteiger charge is -2.14. The van der Waals surface area contributed by atoms with Gasteiger partial charge in [0.1, 0.15) is 11.5 Å². The number of carbonyl (C=O) groups excluding carboxylic acids is 1. The number of carbonyl (C=O) groups is 1. The highest BCUT2D eigenvalue weighted by molar-refractivity contribution is 6.04. The summed E-state index contributed by atoms with van der Waals surface area (Å²) < 4.78 is 16.5. The minimum absolute atomic E-state index is 0.101. The van der Waals surface area contributed by atoms with Crippen molar-refractivity contribution >= 4 is 11.6 Å². The van der Waals surface area contributed by atoms with Crippen molar-refractivity contribution in [1.29, 1.82) is 0 Å². The summed E-state index contributed by atoms with van der Waals surface area (Å²) in [5.74, 6) is 1.23. The molecule has 0 radical (unpaired) electrons. The molecule has 0 saturated heterocycles. The zero-order chi connectivity index (χ0) is 18.2. The quantitative estimate of drug-likeness (QED) is 0.777. The monoisotopic (exact) mass is 343 g/mol. The van der Waals surface area contributed by atoms with Crippen molar-refractivity contribution in [2.75, 3.05) is 19.0 Å². The van der Waals surface area contributed by atoms with Gasteiger partial charge in [0, 0.05) is 22.9 Å². The van der Waals surface area contributed by atoms with Crippen molar-refractivity contribution in [3.63, 3.8) is 0 Å². The van der Waals surface area contributed by atoms with Gasteiger partial charge in [0.25, 0.3) is 5.91 Å². The lowest BCUT2D eigenvalue weighted by atomic mass is 10.1. The zero-order valence-electron chi connectivity index (χ0n) is 15.2. The molecule has 134 valence electrons. The van der Waals surface area contributed by atoms with E-state index in [4.69, 9.17) is 14.2 Å². The maximum Gasteiger partial charge on any atom is 0.255 e. The van der Waals surface area contributed by atoms with Crippen molar-refractivity contribution in [2.45, 2.75) is 33.5 Å². The maximum absolute atomic E-state index is 12.5. The van der Waals surface area contributed by atoms with Crippen LogP contribution in [0.3, 0.4) is 0 Å². The Kier molecular flexibility index (Phi) is 6.83. The smallest absolute Gasteiger partial charge is 0.255 e. The lowest BCUT2D eigenvalue weighted by molar-refractivity contribution is 0.0641. The highest BCUT2D eigenvalue weighted by Gasteiger charge is 2.12. The first-order valence-electron chi connectivity index (χ1n) is 8.36. The third-order valence-electron chi connectivity index (χ3n) is 3.52. The van der Waals surface area contributed by atoms with Crippen LogP contribution in [-0.4, -0.2) is 25.7 Å². The van der Waals surface area contributed by atoms with Gasteiger partial charge < -0.3 is 19.5 Å². The summed E-state index contributed by atoms with van der Waals surface area (Å²) in [5.41, 5.74) is 2.08. The SMILES string of the molecule is CCOc1ccc(C(=O)Nc2cccc(OC)c2)cc1COC(C)C. The van der Waals surface area contributed by atoms with E-state index in [-0.39, 0.29) is 12.0 Å². The van der Waals surface area contributed by atoms with Crippen molar-refractivity contribution in [3.05, 3.63) is 53.6 Å². The number of anilines is 1. The summed E-state index contributed by atoms with van der Waals surface area (Å²) in [4.78, 5) is 12.5. The summed E-state index contributed by atoms with van der Waals surface area (Å²) in [6, 6.07) is 12.6. The molecule has 0 aliphatic rings. The molecule has 0 atom stereocenters. The van der Waals surface area contributed by atoms with Gasteiger partial charge in [-0.3, -0.25) is 4.79 Å². The number of benzene rings is 2. The minimum Gasteiger partial charge on any atom is -0.497 e. The van der Waals surface area contributed by atoms with Gasteiger partial charge in [0.05, 0.1) is 26.4 Å². The summed E-state index contributed by atoms with van der Waals surface area (Å²) in [6.07, 6.45) is 0.101. The van der Waals surface area contributed by atoms with Gasteiger partial charge in [-0.2, -0.15) is 0 Å². The fraction of sp³-hybridized carbons (Fsp3) is 0.350. The summed E-state index contributed by atoms with van der Waals surface area (Å²) in [7, 11) is 1.59. The third kappa shape index (κ3) is 5.50. The van der Waals surface area contributed by atoms with E-state index in [9.17, 15) is 4.79 Å². The summed E-state index contributed by atoms with van der Waals surface area (Å²) in [6.45, 7) is 6.83. The Balaban J connectivity index is 2.18. The Hall–Kier alpha value is -2.53. The van der Waals surface area contributed by atoms with Gasteiger partial charge in [-0.1, -0.05) is 6.07 Å². The van der Waals surface area contributed by atoms with E-state index in [1.165, 1.54) is 0 Å². The van der Waals surface area contributed by atoms with Crippen molar-refractivity contribution in [3.8, 4) is 11.5 Å². The van der Waals surface area contributed by atoms with E-state index in [0.717, 1.165) is 11.3 Å². The van der Waals surface area contributed by atoms with Crippen LogP contribution >= 0.6 is 0 Å². The number of ether oxygens (including phenoxy) is 3. The van der Waals surface area contributed by atoms with Crippen LogP contribution in [0.5, 0.6) is 11.5 Å². The molecule has 2 aromatic carbocycles. The van der Waals surface area contributed by atoms with E-state index in [2.05, 4.69) is 5.32 Å². The van der Waals surface area contributed by atoms with Crippen molar-refractivity contribution < 1.29 is 19.0 Å². The molecule has 0 aliphatic heterocycles. The third-order valence-corrected chi connectivity index (χ3v) is 3.52. The first-order valence-corrected chi connectivity index (χ1v) is 8.36. The highest BCUT2D eigenvalue weighted by atomic mass is 16.5. The van der Waals surface area contributed by atoms with Crippen LogP contribution in [0.25, 0.3) is 0 Å². The molecule has 5 heteroatoms. The molecule has 2 aromatic rings. The molecular formula is C20H25NO4. The zero-order valence-corrected chi connectivity index (χ0v) is 15.2. The number of hydrogen-bond donors (Lipinski definition) is 1. The molecule has 25 heavy (non-hydrogen) atoms. The molecule has 1 amide bonds. The average Bonchev–Trinajstić information content (AvgIpc) is 2.61. The maximum atomic E-state index is 12.5. The number of rotatable bonds is 8. The van der Waals surface area contributed by atoms with Gasteiger partial charge in [0.15, 0.2) is 0 Å². The molecule has 0 bridgehead atoms. The molecule has 5 nitrogen and oxygen atoms in total. The second-order valence-corrected chi connectivity index (χ2v) is 5.80. The van der Waals surface area contributed by atoms with Crippen LogP contribution < -0.4 is 14.8 Å². The first-order chi connectivity index (χ1) is 12.0. The van der Waals surface area contributed by atoms with Crippen molar-refractivity contribution in [2.24, 2.45) is 0 Å². The van der Waals surface area contributed by atoms with Gasteiger partial charge in [0.2, 0.25) is 0 Å². The predicted octanol–water partition coefficient (Wildman–Crippen LogP) is 4.27. The number of nitrogens with one attached hydrogen (secondary N) is 1. The standard InChI is InChI=1S/C20H25NO4/c1-5-24-19-10-9-15(11-16(19)13-25-14(2)3)20(22)21-17-7-6-8-18(12-17)23-4/h6-12,14H,5,13H2,1-4H3,(H,21,22). The Bertz CT molecular complexity index is 713. The molecule has 0 unspecified atom stereocenters. The second kappa shape index (κ2) is 9.08. The van der Waals surface area contributed by atoms with E-state index in [1.54, 1.807) is 19.2 Å². The molecule has 1 N–H and O–H groups in total. The number of hydrogen-bond acceptors (Lipinski definition) is 4. The highest BCUT2D eigenvalue weighted by Crippen LogP contribution is 2.23. The van der Waals surface area contributed by atoms with Gasteiger partial charge >= 0.3 is 0 Å². The van der Waals surface area contributed by atoms with E-state index in [0.29, 0.717) is 30.2 Å². The van der Waals surface area contributed by atoms with E-state index < -0.39 is 0 Å². The fourth-order valence-corrected chi connectivity index (χ4v) is 2.29. The molecule has 0 aliphatic carbocycles. The van der Waals surface area contributed by atoms with Crippen molar-refractivity contribution in [1.82, 2.24) is 0 Å². The molecule has 0 spiro atoms. The molecule has 0 aromatic heterocycles. The van der Waals surface area contributed by atoms with Crippen LogP contribution in [0, 0.1) is 0 Å². The average molecular weight is 343 g/mol. The topological polar surface area (TPSA) is 56.8 Å². The van der Waals surface area contributed by atoms with Crippen LogP contribution in [-0.2, 0) is 11.3 Å². The summed E-state index contributed by atoms with van der Waals surface area (Å²) >= 11 is 0. The van der Waals surface area contributed by atoms with Crippen LogP contribution in [0.15, 0.2) is 42.5 Å². The molecule has 2 rings (SSSR count). The molecule has 0 fully saturated rings. The molecule has 0 heterocycles. The Morgan fingerprint density at radius 2 is 1.96 bits per heavy atom. The summed E-state index contributed by atoms with van der Waals surface area (Å²) in [5, 5.41) is 2.88. The van der Waals surface area contributed by atoms with Crippen LogP contribution in [0.2, 0.25) is 0 Å². The largest absolute Gasteiger partial charge is 0.497 e. The fourth-order valence-electron chi connectivity index (χ4n) is 2.29. The van der Waals surface area contributed by atoms with Crippen LogP contribution in [0.4, 0.5) is 5.69 Å². The normalized spacial score (nSPS) is 10.6. The number of methoxy groups -OCH3 is 1. The predicted molar refractivity (Wildman–Crippen MR) is 98.5 cm³/mol. The molecular weight excluding hydrogens is 318 g/mol. The Morgan fingerprint density at radius 1 is 1.16 bits per heavy atom. The van der Waals surface area contributed by atoms with Gasteiger partial charge in [-0.25, -0.2) is 0 Å². The van der Waals surface area contributed by atoms with E-state index in [1.807, 2.05) is 51.1 Å². The van der Waals surface area contributed by atoms with E-state index >= 15 is 0 Å². The van der Waals surface area contributed by atoms with Gasteiger partial charge in [-0.15, -0.1) is 0 Å². The minimum atomic E-state index is -0.193. The Labute approximate surface area is 148 Å². The van der Waals surface area contributed by atoms with Crippen LogP contribution in [0.1, 0.15) is 36.7 Å². The first kappa shape index (κ1) is 18.8. The molecule has 0 saturated carbocycles. The number of amides is 1. The Morgan fingerprint density at radius 3 is 2.64 bits per heavy atom. The second-order valence-electron chi connectivity index (χ2n) is 5.80. The van der Waals surface area contributed by atoms with Gasteiger partial charge in [-0.05, 0) is 51.1 Å².